The number of thiocarbonyl (C=S) groups is 1. The van der Waals surface area contributed by atoms with Gasteiger partial charge in [0.2, 0.25) is 0 Å². The largest absolute Gasteiger partial charge is 0.497 e. The molecule has 1 aromatic heterocycles. The van der Waals surface area contributed by atoms with Crippen molar-refractivity contribution in [3.05, 3.63) is 47.7 Å². The summed E-state index contributed by atoms with van der Waals surface area (Å²) < 4.78 is 11.4. The van der Waals surface area contributed by atoms with Crippen LogP contribution in [-0.2, 0) is 0 Å². The molecule has 0 radical (unpaired) electrons. The molecule has 0 amide bonds. The van der Waals surface area contributed by atoms with Crippen molar-refractivity contribution in [2.75, 3.05) is 12.4 Å². The van der Waals surface area contributed by atoms with Crippen LogP contribution < -0.4 is 20.1 Å². The molecule has 2 heterocycles. The van der Waals surface area contributed by atoms with Crippen molar-refractivity contribution >= 4 is 23.1 Å². The third-order valence-corrected chi connectivity index (χ3v) is 4.33. The predicted octanol–water partition coefficient (Wildman–Crippen LogP) is 3.99. The maximum absolute atomic E-state index is 6.11. The Hall–Kier alpha value is -2.34. The van der Waals surface area contributed by atoms with Gasteiger partial charge in [-0.25, -0.2) is 4.98 Å². The van der Waals surface area contributed by atoms with Crippen LogP contribution in [0.25, 0.3) is 0 Å². The van der Waals surface area contributed by atoms with Crippen LogP contribution in [0.15, 0.2) is 36.4 Å². The fraction of sp³-hybridized carbons (Fsp3) is 0.368. The van der Waals surface area contributed by atoms with E-state index in [2.05, 4.69) is 29.5 Å². The first kappa shape index (κ1) is 17.5. The highest BCUT2D eigenvalue weighted by Gasteiger charge is 2.34. The van der Waals surface area contributed by atoms with Crippen molar-refractivity contribution in [2.24, 2.45) is 0 Å². The van der Waals surface area contributed by atoms with Crippen LogP contribution in [0, 0.1) is 6.92 Å². The van der Waals surface area contributed by atoms with Gasteiger partial charge in [-0.15, -0.1) is 0 Å². The second-order valence-electron chi connectivity index (χ2n) is 6.78. The summed E-state index contributed by atoms with van der Waals surface area (Å²) >= 11 is 5.49. The molecule has 25 heavy (non-hydrogen) atoms. The summed E-state index contributed by atoms with van der Waals surface area (Å²) in [5, 5.41) is 7.09. The minimum absolute atomic E-state index is 0.0504. The molecule has 3 rings (SSSR count). The third-order valence-electron chi connectivity index (χ3n) is 4.11. The highest BCUT2D eigenvalue weighted by molar-refractivity contribution is 7.80. The van der Waals surface area contributed by atoms with Crippen LogP contribution in [0.2, 0.25) is 0 Å². The molecule has 0 aliphatic carbocycles. The second kappa shape index (κ2) is 6.88. The van der Waals surface area contributed by atoms with Gasteiger partial charge in [0.1, 0.15) is 22.9 Å². The zero-order valence-corrected chi connectivity index (χ0v) is 15.7. The first-order valence-electron chi connectivity index (χ1n) is 8.24. The lowest BCUT2D eigenvalue weighted by Gasteiger charge is -2.38. The quantitative estimate of drug-likeness (QED) is 0.810. The van der Waals surface area contributed by atoms with E-state index in [4.69, 9.17) is 21.7 Å². The summed E-state index contributed by atoms with van der Waals surface area (Å²) in [4.78, 5) is 4.42. The van der Waals surface area contributed by atoms with Gasteiger partial charge in [0.15, 0.2) is 5.11 Å². The lowest BCUT2D eigenvalue weighted by Crippen LogP contribution is -2.42. The molecule has 0 bridgehead atoms. The van der Waals surface area contributed by atoms with Crippen LogP contribution in [0.5, 0.6) is 11.5 Å². The number of hydrogen-bond acceptors (Lipinski definition) is 4. The van der Waals surface area contributed by atoms with Crippen LogP contribution in [0.3, 0.4) is 0 Å². The van der Waals surface area contributed by atoms with Gasteiger partial charge in [-0.3, -0.25) is 0 Å². The molecule has 0 fully saturated rings. The lowest BCUT2D eigenvalue weighted by molar-refractivity contribution is 0.0693. The number of nitrogens with one attached hydrogen (secondary N) is 2. The van der Waals surface area contributed by atoms with Crippen molar-refractivity contribution in [1.29, 1.82) is 0 Å². The third kappa shape index (κ3) is 4.20. The highest BCUT2D eigenvalue weighted by atomic mass is 32.1. The maximum atomic E-state index is 6.11. The van der Waals surface area contributed by atoms with E-state index in [9.17, 15) is 0 Å². The molecule has 5 nitrogen and oxygen atoms in total. The van der Waals surface area contributed by atoms with Gasteiger partial charge in [-0.05, 0) is 57.3 Å². The van der Waals surface area contributed by atoms with Gasteiger partial charge in [-0.2, -0.15) is 0 Å². The number of ether oxygens (including phenoxy) is 2. The van der Waals surface area contributed by atoms with Crippen LogP contribution in [0.1, 0.15) is 37.6 Å². The molecule has 1 atom stereocenters. The van der Waals surface area contributed by atoms with E-state index >= 15 is 0 Å². The zero-order chi connectivity index (χ0) is 18.0. The van der Waals surface area contributed by atoms with Gasteiger partial charge in [0.05, 0.1) is 13.2 Å². The van der Waals surface area contributed by atoms with Gasteiger partial charge in [-0.1, -0.05) is 6.07 Å². The average Bonchev–Trinajstić information content (AvgIpc) is 2.53. The van der Waals surface area contributed by atoms with Gasteiger partial charge < -0.3 is 20.1 Å². The van der Waals surface area contributed by atoms with Crippen molar-refractivity contribution in [2.45, 2.75) is 38.8 Å². The van der Waals surface area contributed by atoms with E-state index in [0.29, 0.717) is 5.11 Å². The topological polar surface area (TPSA) is 55.4 Å². The molecule has 0 unspecified atom stereocenters. The number of aryl methyl sites for hydroxylation is 1. The van der Waals surface area contributed by atoms with E-state index in [1.807, 2.05) is 43.3 Å². The Bertz CT molecular complexity index is 792. The van der Waals surface area contributed by atoms with E-state index in [1.165, 1.54) is 0 Å². The molecule has 1 aromatic carbocycles. The molecule has 1 aliphatic heterocycles. The standard InChI is InChI=1S/C19H23N3O2S/c1-12-6-5-7-17(20-12)22-18(25)21-15-11-19(2,3)24-16-10-13(23-4)8-9-14(15)16/h5-10,15H,11H2,1-4H3,(H2,20,21,22,25)/t15-/m0/s1. The SMILES string of the molecule is COc1ccc2c(c1)OC(C)(C)C[C@@H]2NC(=S)Nc1cccc(C)n1. The molecule has 2 N–H and O–H groups in total. The molecule has 0 saturated heterocycles. The fourth-order valence-corrected chi connectivity index (χ4v) is 3.26. The smallest absolute Gasteiger partial charge is 0.172 e. The molecular formula is C19H23N3O2S. The zero-order valence-electron chi connectivity index (χ0n) is 14.9. The summed E-state index contributed by atoms with van der Waals surface area (Å²) in [6, 6.07) is 11.7. The van der Waals surface area contributed by atoms with Crippen molar-refractivity contribution in [1.82, 2.24) is 10.3 Å². The number of methoxy groups -OCH3 is 1. The van der Waals surface area contributed by atoms with E-state index in [0.717, 1.165) is 35.0 Å². The van der Waals surface area contributed by atoms with Crippen LogP contribution >= 0.6 is 12.2 Å². The number of hydrogen-bond donors (Lipinski definition) is 2. The summed E-state index contributed by atoms with van der Waals surface area (Å²) in [5.41, 5.74) is 1.72. The fourth-order valence-electron chi connectivity index (χ4n) is 3.01. The molecule has 132 valence electrons. The number of nitrogens with zero attached hydrogens (tertiary/aromatic N) is 1. The number of benzene rings is 1. The normalized spacial score (nSPS) is 17.8. The summed E-state index contributed by atoms with van der Waals surface area (Å²) in [6.07, 6.45) is 0.801. The van der Waals surface area contributed by atoms with Crippen LogP contribution in [-0.4, -0.2) is 22.8 Å². The molecule has 2 aromatic rings. The van der Waals surface area contributed by atoms with Crippen molar-refractivity contribution in [3.8, 4) is 11.5 Å². The Morgan fingerprint density at radius 2 is 2.12 bits per heavy atom. The maximum Gasteiger partial charge on any atom is 0.172 e. The van der Waals surface area contributed by atoms with Gasteiger partial charge >= 0.3 is 0 Å². The number of aromatic nitrogens is 1. The lowest BCUT2D eigenvalue weighted by atomic mass is 9.89. The first-order chi connectivity index (χ1) is 11.9. The molecular weight excluding hydrogens is 334 g/mol. The number of rotatable bonds is 3. The molecule has 1 aliphatic rings. The van der Waals surface area contributed by atoms with Crippen molar-refractivity contribution < 1.29 is 9.47 Å². The number of fused-ring (bicyclic) bond motifs is 1. The second-order valence-corrected chi connectivity index (χ2v) is 7.19. The average molecular weight is 357 g/mol. The number of anilines is 1. The van der Waals surface area contributed by atoms with E-state index in [1.54, 1.807) is 7.11 Å². The Morgan fingerprint density at radius 3 is 2.84 bits per heavy atom. The summed E-state index contributed by atoms with van der Waals surface area (Å²) in [7, 11) is 1.65. The number of pyridine rings is 1. The van der Waals surface area contributed by atoms with E-state index < -0.39 is 0 Å². The van der Waals surface area contributed by atoms with Crippen molar-refractivity contribution in [3.63, 3.8) is 0 Å². The molecule has 0 saturated carbocycles. The Balaban J connectivity index is 1.79. The minimum atomic E-state index is -0.297. The summed E-state index contributed by atoms with van der Waals surface area (Å²) in [6.45, 7) is 6.09. The minimum Gasteiger partial charge on any atom is -0.497 e. The Morgan fingerprint density at radius 1 is 1.32 bits per heavy atom. The van der Waals surface area contributed by atoms with E-state index in [-0.39, 0.29) is 11.6 Å². The van der Waals surface area contributed by atoms with Gasteiger partial charge in [0, 0.05) is 23.7 Å². The predicted molar refractivity (Wildman–Crippen MR) is 103 cm³/mol. The summed E-state index contributed by atoms with van der Waals surface area (Å²) in [5.74, 6) is 2.34. The van der Waals surface area contributed by atoms with Crippen LogP contribution in [0.4, 0.5) is 5.82 Å². The highest BCUT2D eigenvalue weighted by Crippen LogP contribution is 2.41. The Kier molecular flexibility index (Phi) is 4.81. The Labute approximate surface area is 153 Å². The first-order valence-corrected chi connectivity index (χ1v) is 8.65. The molecule has 0 spiro atoms. The monoisotopic (exact) mass is 357 g/mol. The molecule has 6 heteroatoms. The van der Waals surface area contributed by atoms with Gasteiger partial charge in [0.25, 0.3) is 0 Å².